The average Bonchev–Trinajstić information content (AvgIpc) is 3.10. The van der Waals surface area contributed by atoms with Gasteiger partial charge in [0, 0.05) is 18.1 Å². The summed E-state index contributed by atoms with van der Waals surface area (Å²) in [5, 5.41) is 4.77. The normalized spacial score (nSPS) is 29.1. The highest BCUT2D eigenvalue weighted by Crippen LogP contribution is 2.42. The second-order valence-corrected chi connectivity index (χ2v) is 7.16. The van der Waals surface area contributed by atoms with Gasteiger partial charge < -0.3 is 4.74 Å². The standard InChI is InChI=1S/C16H24N2O2S/c1-3-14-13(10-19)15(4-2)18(17-14)12-5-7-20-16(9-12)6-8-21-11-16/h10,12H,3-9,11H2,1-2H3. The molecule has 3 rings (SSSR count). The smallest absolute Gasteiger partial charge is 0.153 e. The van der Waals surface area contributed by atoms with Crippen molar-refractivity contribution >= 4 is 18.0 Å². The van der Waals surface area contributed by atoms with Crippen LogP contribution in [0.4, 0.5) is 0 Å². The molecule has 5 heteroatoms. The molecule has 0 N–H and O–H groups in total. The maximum Gasteiger partial charge on any atom is 0.153 e. The molecule has 1 spiro atoms. The van der Waals surface area contributed by atoms with Crippen LogP contribution in [0.5, 0.6) is 0 Å². The number of thioether (sulfide) groups is 1. The first-order valence-corrected chi connectivity index (χ1v) is 9.15. The lowest BCUT2D eigenvalue weighted by molar-refractivity contribution is -0.0782. The predicted molar refractivity (Wildman–Crippen MR) is 85.3 cm³/mol. The summed E-state index contributed by atoms with van der Waals surface area (Å²) in [7, 11) is 0. The van der Waals surface area contributed by atoms with Gasteiger partial charge in [0.15, 0.2) is 6.29 Å². The van der Waals surface area contributed by atoms with Gasteiger partial charge >= 0.3 is 0 Å². The Balaban J connectivity index is 1.92. The van der Waals surface area contributed by atoms with Crippen molar-refractivity contribution in [3.8, 4) is 0 Å². The first-order valence-electron chi connectivity index (χ1n) is 8.00. The summed E-state index contributed by atoms with van der Waals surface area (Å²) in [6.45, 7) is 4.99. The van der Waals surface area contributed by atoms with Crippen molar-refractivity contribution in [1.82, 2.24) is 9.78 Å². The Hall–Kier alpha value is -0.810. The minimum Gasteiger partial charge on any atom is -0.374 e. The van der Waals surface area contributed by atoms with Crippen LogP contribution < -0.4 is 0 Å². The van der Waals surface area contributed by atoms with Gasteiger partial charge in [0.2, 0.25) is 0 Å². The number of carbonyl (C=O) groups excluding carboxylic acids is 1. The van der Waals surface area contributed by atoms with Gasteiger partial charge in [0.05, 0.1) is 22.9 Å². The van der Waals surface area contributed by atoms with Crippen LogP contribution in [0.3, 0.4) is 0 Å². The number of hydrogen-bond acceptors (Lipinski definition) is 4. The number of hydrogen-bond donors (Lipinski definition) is 0. The van der Waals surface area contributed by atoms with E-state index >= 15 is 0 Å². The highest BCUT2D eigenvalue weighted by atomic mass is 32.2. The number of ether oxygens (including phenoxy) is 1. The summed E-state index contributed by atoms with van der Waals surface area (Å²) >= 11 is 1.99. The third-order valence-electron chi connectivity index (χ3n) is 4.79. The molecule has 2 fully saturated rings. The van der Waals surface area contributed by atoms with Gasteiger partial charge in [0.1, 0.15) is 0 Å². The van der Waals surface area contributed by atoms with Crippen LogP contribution >= 0.6 is 11.8 Å². The van der Waals surface area contributed by atoms with Crippen molar-refractivity contribution in [3.05, 3.63) is 17.0 Å². The lowest BCUT2D eigenvalue weighted by Gasteiger charge is -2.38. The first-order chi connectivity index (χ1) is 10.2. The Bertz CT molecular complexity index is 521. The van der Waals surface area contributed by atoms with Gasteiger partial charge in [-0.2, -0.15) is 16.9 Å². The molecular weight excluding hydrogens is 284 g/mol. The van der Waals surface area contributed by atoms with Crippen LogP contribution in [0, 0.1) is 0 Å². The Morgan fingerprint density at radius 2 is 2.33 bits per heavy atom. The van der Waals surface area contributed by atoms with E-state index in [-0.39, 0.29) is 5.60 Å². The number of aromatic nitrogens is 2. The van der Waals surface area contributed by atoms with E-state index in [0.29, 0.717) is 6.04 Å². The molecule has 21 heavy (non-hydrogen) atoms. The lowest BCUT2D eigenvalue weighted by Crippen LogP contribution is -2.41. The Labute approximate surface area is 130 Å². The minimum absolute atomic E-state index is 0.0538. The molecule has 116 valence electrons. The number of nitrogens with zero attached hydrogens (tertiary/aromatic N) is 2. The minimum atomic E-state index is 0.0538. The second kappa shape index (κ2) is 6.13. The van der Waals surface area contributed by atoms with Gasteiger partial charge in [-0.1, -0.05) is 13.8 Å². The second-order valence-electron chi connectivity index (χ2n) is 6.06. The SMILES string of the molecule is CCc1nn(C2CCOC3(CCSC3)C2)c(CC)c1C=O. The lowest BCUT2D eigenvalue weighted by atomic mass is 9.89. The molecular formula is C16H24N2O2S. The molecule has 1 aromatic heterocycles. The van der Waals surface area contributed by atoms with E-state index in [1.54, 1.807) is 0 Å². The molecule has 0 aliphatic carbocycles. The quantitative estimate of drug-likeness (QED) is 0.802. The molecule has 2 unspecified atom stereocenters. The zero-order chi connectivity index (χ0) is 14.9. The molecule has 0 radical (unpaired) electrons. The summed E-state index contributed by atoms with van der Waals surface area (Å²) in [5.41, 5.74) is 2.93. The van der Waals surface area contributed by atoms with Crippen LogP contribution in [0.25, 0.3) is 0 Å². The fourth-order valence-corrected chi connectivity index (χ4v) is 5.04. The zero-order valence-corrected chi connectivity index (χ0v) is 13.7. The summed E-state index contributed by atoms with van der Waals surface area (Å²) in [4.78, 5) is 11.4. The fourth-order valence-electron chi connectivity index (χ4n) is 3.66. The molecule has 1 aromatic rings. The molecule has 2 saturated heterocycles. The third kappa shape index (κ3) is 2.66. The van der Waals surface area contributed by atoms with Crippen LogP contribution in [-0.2, 0) is 17.6 Å². The summed E-state index contributed by atoms with van der Waals surface area (Å²) in [6, 6.07) is 0.381. The Morgan fingerprint density at radius 1 is 1.48 bits per heavy atom. The molecule has 2 aliphatic rings. The van der Waals surface area contributed by atoms with E-state index in [1.165, 1.54) is 5.75 Å². The van der Waals surface area contributed by atoms with Crippen molar-refractivity contribution in [2.24, 2.45) is 0 Å². The molecule has 0 bridgehead atoms. The van der Waals surface area contributed by atoms with Gasteiger partial charge in [-0.15, -0.1) is 0 Å². The zero-order valence-electron chi connectivity index (χ0n) is 12.9. The molecule has 3 heterocycles. The molecule has 4 nitrogen and oxygen atoms in total. The van der Waals surface area contributed by atoms with Crippen molar-refractivity contribution in [3.63, 3.8) is 0 Å². The van der Waals surface area contributed by atoms with Crippen LogP contribution in [0.15, 0.2) is 0 Å². The van der Waals surface area contributed by atoms with Crippen molar-refractivity contribution in [2.45, 2.75) is 57.6 Å². The molecule has 2 aliphatic heterocycles. The van der Waals surface area contributed by atoms with Gasteiger partial charge in [-0.25, -0.2) is 0 Å². The highest BCUT2D eigenvalue weighted by Gasteiger charge is 2.41. The third-order valence-corrected chi connectivity index (χ3v) is 6.02. The van der Waals surface area contributed by atoms with E-state index in [1.807, 2.05) is 11.8 Å². The Kier molecular flexibility index (Phi) is 4.41. The van der Waals surface area contributed by atoms with Crippen LogP contribution in [0.2, 0.25) is 0 Å². The maximum absolute atomic E-state index is 11.4. The summed E-state index contributed by atoms with van der Waals surface area (Å²) in [5.74, 6) is 2.31. The van der Waals surface area contributed by atoms with Crippen molar-refractivity contribution in [2.75, 3.05) is 18.1 Å². The van der Waals surface area contributed by atoms with E-state index < -0.39 is 0 Å². The number of carbonyl (C=O) groups is 1. The molecule has 0 amide bonds. The summed E-state index contributed by atoms with van der Waals surface area (Å²) in [6.07, 6.45) is 5.86. The van der Waals surface area contributed by atoms with Crippen LogP contribution in [0.1, 0.15) is 60.9 Å². The first kappa shape index (κ1) is 15.1. The maximum atomic E-state index is 11.4. The van der Waals surface area contributed by atoms with Crippen molar-refractivity contribution in [1.29, 1.82) is 0 Å². The number of rotatable bonds is 4. The average molecular weight is 308 g/mol. The van der Waals surface area contributed by atoms with Crippen molar-refractivity contribution < 1.29 is 9.53 Å². The molecule has 0 saturated carbocycles. The van der Waals surface area contributed by atoms with E-state index in [0.717, 1.165) is 67.7 Å². The van der Waals surface area contributed by atoms with Gasteiger partial charge in [-0.3, -0.25) is 9.48 Å². The van der Waals surface area contributed by atoms with E-state index in [4.69, 9.17) is 9.84 Å². The number of aryl methyl sites for hydroxylation is 1. The fraction of sp³-hybridized carbons (Fsp3) is 0.750. The largest absolute Gasteiger partial charge is 0.374 e. The van der Waals surface area contributed by atoms with Gasteiger partial charge in [0.25, 0.3) is 0 Å². The summed E-state index contributed by atoms with van der Waals surface area (Å²) < 4.78 is 8.26. The Morgan fingerprint density at radius 3 is 2.95 bits per heavy atom. The van der Waals surface area contributed by atoms with E-state index in [9.17, 15) is 4.79 Å². The molecule has 0 aromatic carbocycles. The topological polar surface area (TPSA) is 44.1 Å². The molecule has 2 atom stereocenters. The van der Waals surface area contributed by atoms with Crippen LogP contribution in [-0.4, -0.2) is 39.8 Å². The monoisotopic (exact) mass is 308 g/mol. The number of aldehydes is 1. The highest BCUT2D eigenvalue weighted by molar-refractivity contribution is 7.99. The van der Waals surface area contributed by atoms with E-state index in [2.05, 4.69) is 18.5 Å². The predicted octanol–water partition coefficient (Wildman–Crippen LogP) is 3.05. The van der Waals surface area contributed by atoms with Gasteiger partial charge in [-0.05, 0) is 37.9 Å².